The van der Waals surface area contributed by atoms with E-state index in [2.05, 4.69) is 6.58 Å². The molecule has 0 bridgehead atoms. The molecule has 2 fully saturated rings. The van der Waals surface area contributed by atoms with Crippen LogP contribution >= 0.6 is 0 Å². The minimum absolute atomic E-state index is 0.122. The second kappa shape index (κ2) is 2.83. The summed E-state index contributed by atoms with van der Waals surface area (Å²) in [5.74, 6) is 0.205. The van der Waals surface area contributed by atoms with Gasteiger partial charge in [-0.15, -0.1) is 0 Å². The van der Waals surface area contributed by atoms with Crippen molar-refractivity contribution in [2.24, 2.45) is 5.92 Å². The molecule has 1 unspecified atom stereocenters. The van der Waals surface area contributed by atoms with Crippen molar-refractivity contribution in [1.82, 2.24) is 0 Å². The first-order chi connectivity index (χ1) is 5.68. The maximum atomic E-state index is 9.48. The zero-order valence-corrected chi connectivity index (χ0v) is 7.19. The van der Waals surface area contributed by atoms with Gasteiger partial charge in [0.15, 0.2) is 6.29 Å². The van der Waals surface area contributed by atoms with Gasteiger partial charge in [0.25, 0.3) is 0 Å². The van der Waals surface area contributed by atoms with Crippen molar-refractivity contribution in [3.63, 3.8) is 0 Å². The molecule has 1 heterocycles. The number of fused-ring (bicyclic) bond motifs is 1. The number of hydrogen-bond donors (Lipinski definition) is 1. The zero-order valence-electron chi connectivity index (χ0n) is 7.19. The first-order valence-electron chi connectivity index (χ1n) is 4.32. The Labute approximate surface area is 72.0 Å². The molecule has 0 radical (unpaired) electrons. The molecule has 0 aromatic heterocycles. The number of rotatable bonds is 0. The lowest BCUT2D eigenvalue weighted by Gasteiger charge is -2.30. The SMILES string of the molecule is C=C1[C@H](O)C[C@@H]2OC(C)OC[C@@H]12. The van der Waals surface area contributed by atoms with Crippen LogP contribution in [-0.4, -0.2) is 30.2 Å². The van der Waals surface area contributed by atoms with E-state index in [9.17, 15) is 5.11 Å². The molecule has 1 aliphatic carbocycles. The Morgan fingerprint density at radius 2 is 2.33 bits per heavy atom. The number of hydrogen-bond acceptors (Lipinski definition) is 3. The molecule has 2 aliphatic rings. The third kappa shape index (κ3) is 1.18. The highest BCUT2D eigenvalue weighted by Gasteiger charge is 2.41. The molecule has 1 N–H and O–H groups in total. The summed E-state index contributed by atoms with van der Waals surface area (Å²) in [7, 11) is 0. The van der Waals surface area contributed by atoms with Gasteiger partial charge >= 0.3 is 0 Å². The van der Waals surface area contributed by atoms with Gasteiger partial charge in [0.1, 0.15) is 0 Å². The molecule has 12 heavy (non-hydrogen) atoms. The third-order valence-corrected chi connectivity index (χ3v) is 2.69. The monoisotopic (exact) mass is 170 g/mol. The van der Waals surface area contributed by atoms with Crippen LogP contribution in [0.2, 0.25) is 0 Å². The highest BCUT2D eigenvalue weighted by molar-refractivity contribution is 5.16. The molecular weight excluding hydrogens is 156 g/mol. The van der Waals surface area contributed by atoms with Crippen LogP contribution < -0.4 is 0 Å². The van der Waals surface area contributed by atoms with Gasteiger partial charge < -0.3 is 14.6 Å². The van der Waals surface area contributed by atoms with E-state index in [1.807, 2.05) is 6.92 Å². The van der Waals surface area contributed by atoms with Crippen molar-refractivity contribution in [1.29, 1.82) is 0 Å². The predicted octanol–water partition coefficient (Wildman–Crippen LogP) is 0.685. The van der Waals surface area contributed by atoms with Crippen LogP contribution in [0.4, 0.5) is 0 Å². The van der Waals surface area contributed by atoms with E-state index < -0.39 is 6.10 Å². The van der Waals surface area contributed by atoms with E-state index in [4.69, 9.17) is 9.47 Å². The lowest BCUT2D eigenvalue weighted by Crippen LogP contribution is -2.35. The zero-order chi connectivity index (χ0) is 8.72. The van der Waals surface area contributed by atoms with Gasteiger partial charge in [0, 0.05) is 12.3 Å². The summed E-state index contributed by atoms with van der Waals surface area (Å²) in [5.41, 5.74) is 0.868. The summed E-state index contributed by atoms with van der Waals surface area (Å²) in [6.45, 7) is 6.35. The normalized spacial score (nSPS) is 47.7. The van der Waals surface area contributed by atoms with Gasteiger partial charge in [-0.25, -0.2) is 0 Å². The molecule has 0 amide bonds. The molecule has 0 aromatic carbocycles. The molecule has 2 rings (SSSR count). The smallest absolute Gasteiger partial charge is 0.155 e. The van der Waals surface area contributed by atoms with Gasteiger partial charge in [0.05, 0.1) is 18.8 Å². The number of aliphatic hydroxyl groups excluding tert-OH is 1. The van der Waals surface area contributed by atoms with Crippen LogP contribution in [0, 0.1) is 5.92 Å². The Bertz CT molecular complexity index is 202. The Balaban J connectivity index is 2.09. The summed E-state index contributed by atoms with van der Waals surface area (Å²) in [6, 6.07) is 0. The standard InChI is InChI=1S/C9H14O3/c1-5-7-4-11-6(2)12-9(7)3-8(5)10/h6-10H,1,3-4H2,2H3/t6?,7-,8+,9-/m0/s1. The van der Waals surface area contributed by atoms with Gasteiger partial charge in [-0.2, -0.15) is 0 Å². The topological polar surface area (TPSA) is 38.7 Å². The Kier molecular flexibility index (Phi) is 1.94. The van der Waals surface area contributed by atoms with Gasteiger partial charge in [-0.1, -0.05) is 6.58 Å². The molecule has 0 spiro atoms. The molecule has 68 valence electrons. The van der Waals surface area contributed by atoms with Gasteiger partial charge in [-0.05, 0) is 12.5 Å². The Morgan fingerprint density at radius 3 is 3.08 bits per heavy atom. The predicted molar refractivity (Wildman–Crippen MR) is 43.5 cm³/mol. The van der Waals surface area contributed by atoms with Crippen molar-refractivity contribution in [3.8, 4) is 0 Å². The Morgan fingerprint density at radius 1 is 1.58 bits per heavy atom. The van der Waals surface area contributed by atoms with Crippen LogP contribution in [0.25, 0.3) is 0 Å². The quantitative estimate of drug-likeness (QED) is 0.543. The second-order valence-electron chi connectivity index (χ2n) is 3.51. The van der Waals surface area contributed by atoms with Crippen LogP contribution in [0.15, 0.2) is 12.2 Å². The number of aliphatic hydroxyl groups is 1. The molecule has 1 saturated heterocycles. The van der Waals surface area contributed by atoms with Crippen molar-refractivity contribution in [2.45, 2.75) is 31.8 Å². The van der Waals surface area contributed by atoms with Crippen LogP contribution in [0.5, 0.6) is 0 Å². The molecule has 0 aromatic rings. The van der Waals surface area contributed by atoms with Crippen LogP contribution in [0.1, 0.15) is 13.3 Å². The summed E-state index contributed by atoms with van der Waals surface area (Å²) < 4.78 is 10.8. The lowest BCUT2D eigenvalue weighted by molar-refractivity contribution is -0.215. The fraction of sp³-hybridized carbons (Fsp3) is 0.778. The van der Waals surface area contributed by atoms with E-state index in [1.165, 1.54) is 0 Å². The molecule has 1 saturated carbocycles. The van der Waals surface area contributed by atoms with E-state index in [0.29, 0.717) is 13.0 Å². The minimum Gasteiger partial charge on any atom is -0.389 e. The molecular formula is C9H14O3. The van der Waals surface area contributed by atoms with Crippen molar-refractivity contribution < 1.29 is 14.6 Å². The Hall–Kier alpha value is -0.380. The molecule has 3 heteroatoms. The second-order valence-corrected chi connectivity index (χ2v) is 3.51. The maximum Gasteiger partial charge on any atom is 0.155 e. The van der Waals surface area contributed by atoms with Gasteiger partial charge in [0.2, 0.25) is 0 Å². The van der Waals surface area contributed by atoms with Crippen LogP contribution in [0.3, 0.4) is 0 Å². The lowest BCUT2D eigenvalue weighted by atomic mass is 10.0. The first kappa shape index (κ1) is 8.23. The fourth-order valence-electron chi connectivity index (χ4n) is 1.91. The molecule has 1 aliphatic heterocycles. The maximum absolute atomic E-state index is 9.48. The van der Waals surface area contributed by atoms with E-state index in [0.717, 1.165) is 5.57 Å². The van der Waals surface area contributed by atoms with Crippen molar-refractivity contribution in [2.75, 3.05) is 6.61 Å². The fourth-order valence-corrected chi connectivity index (χ4v) is 1.91. The first-order valence-corrected chi connectivity index (χ1v) is 4.32. The van der Waals surface area contributed by atoms with E-state index >= 15 is 0 Å². The molecule has 3 nitrogen and oxygen atoms in total. The largest absolute Gasteiger partial charge is 0.389 e. The molecule has 4 atom stereocenters. The van der Waals surface area contributed by atoms with Crippen molar-refractivity contribution >= 4 is 0 Å². The summed E-state index contributed by atoms with van der Waals surface area (Å²) in [4.78, 5) is 0. The summed E-state index contributed by atoms with van der Waals surface area (Å²) in [6.07, 6.45) is 0.270. The highest BCUT2D eigenvalue weighted by atomic mass is 16.7. The average Bonchev–Trinajstić information content (AvgIpc) is 2.28. The third-order valence-electron chi connectivity index (χ3n) is 2.69. The van der Waals surface area contributed by atoms with Crippen molar-refractivity contribution in [3.05, 3.63) is 12.2 Å². The van der Waals surface area contributed by atoms with E-state index in [-0.39, 0.29) is 18.3 Å². The summed E-state index contributed by atoms with van der Waals surface area (Å²) in [5, 5.41) is 9.48. The minimum atomic E-state index is -0.395. The van der Waals surface area contributed by atoms with E-state index in [1.54, 1.807) is 0 Å². The summed E-state index contributed by atoms with van der Waals surface area (Å²) >= 11 is 0. The number of ether oxygens (including phenoxy) is 2. The van der Waals surface area contributed by atoms with Crippen LogP contribution in [-0.2, 0) is 9.47 Å². The average molecular weight is 170 g/mol. The highest BCUT2D eigenvalue weighted by Crippen LogP contribution is 2.36. The van der Waals surface area contributed by atoms with Gasteiger partial charge in [-0.3, -0.25) is 0 Å².